The molecule has 0 aliphatic heterocycles. The average Bonchev–Trinajstić information content (AvgIpc) is 2.84. The summed E-state index contributed by atoms with van der Waals surface area (Å²) in [5.41, 5.74) is 2.67. The third-order valence-corrected chi connectivity index (χ3v) is 3.39. The molecule has 5 nitrogen and oxygen atoms in total. The van der Waals surface area contributed by atoms with Gasteiger partial charge >= 0.3 is 5.69 Å². The van der Waals surface area contributed by atoms with E-state index in [9.17, 15) is 9.59 Å². The van der Waals surface area contributed by atoms with E-state index in [0.29, 0.717) is 17.1 Å². The molecular weight excluding hydrogens is 290 g/mol. The molecule has 0 bridgehead atoms. The monoisotopic (exact) mass is 301 g/mol. The number of amides is 1. The number of nitrogens with one attached hydrogen (secondary N) is 3. The van der Waals surface area contributed by atoms with Gasteiger partial charge in [-0.2, -0.15) is 0 Å². The first-order chi connectivity index (χ1) is 10.1. The molecule has 21 heavy (non-hydrogen) atoms. The summed E-state index contributed by atoms with van der Waals surface area (Å²) in [7, 11) is 0. The summed E-state index contributed by atoms with van der Waals surface area (Å²) in [4.78, 5) is 28.5. The van der Waals surface area contributed by atoms with Gasteiger partial charge in [-0.3, -0.25) is 4.79 Å². The van der Waals surface area contributed by atoms with Crippen molar-refractivity contribution in [3.8, 4) is 0 Å². The lowest BCUT2D eigenvalue weighted by molar-refractivity contribution is 0.0951. The molecule has 0 spiro atoms. The van der Waals surface area contributed by atoms with Crippen molar-refractivity contribution in [1.82, 2.24) is 15.3 Å². The van der Waals surface area contributed by atoms with E-state index < -0.39 is 0 Å². The molecule has 0 aliphatic carbocycles. The highest BCUT2D eigenvalue weighted by Crippen LogP contribution is 2.11. The van der Waals surface area contributed by atoms with Gasteiger partial charge in [0, 0.05) is 17.1 Å². The number of carbonyl (C=O) groups excluding carboxylic acids is 1. The van der Waals surface area contributed by atoms with Crippen LogP contribution in [0.1, 0.15) is 15.9 Å². The number of fused-ring (bicyclic) bond motifs is 1. The Labute approximate surface area is 125 Å². The van der Waals surface area contributed by atoms with Crippen LogP contribution in [0.2, 0.25) is 5.02 Å². The van der Waals surface area contributed by atoms with E-state index in [0.717, 1.165) is 16.6 Å². The Morgan fingerprint density at radius 2 is 1.76 bits per heavy atom. The van der Waals surface area contributed by atoms with E-state index in [4.69, 9.17) is 11.6 Å². The molecule has 3 rings (SSSR count). The summed E-state index contributed by atoms with van der Waals surface area (Å²) in [5, 5.41) is 3.41. The zero-order valence-electron chi connectivity index (χ0n) is 10.9. The van der Waals surface area contributed by atoms with Crippen molar-refractivity contribution in [3.63, 3.8) is 0 Å². The molecule has 0 aliphatic rings. The number of imidazole rings is 1. The van der Waals surface area contributed by atoms with Crippen molar-refractivity contribution >= 4 is 28.5 Å². The molecule has 0 radical (unpaired) electrons. The summed E-state index contributed by atoms with van der Waals surface area (Å²) >= 11 is 5.78. The normalized spacial score (nSPS) is 10.7. The van der Waals surface area contributed by atoms with E-state index >= 15 is 0 Å². The van der Waals surface area contributed by atoms with E-state index in [1.807, 2.05) is 12.1 Å². The van der Waals surface area contributed by atoms with Crippen LogP contribution in [0.3, 0.4) is 0 Å². The summed E-state index contributed by atoms with van der Waals surface area (Å²) < 4.78 is 0. The van der Waals surface area contributed by atoms with Gasteiger partial charge in [-0.25, -0.2) is 4.79 Å². The molecule has 1 aromatic heterocycles. The fraction of sp³-hybridized carbons (Fsp3) is 0.0667. The molecule has 6 heteroatoms. The minimum absolute atomic E-state index is 0.172. The highest BCUT2D eigenvalue weighted by molar-refractivity contribution is 6.30. The molecule has 1 amide bonds. The highest BCUT2D eigenvalue weighted by atomic mass is 35.5. The maximum absolute atomic E-state index is 12.0. The number of rotatable bonds is 3. The predicted octanol–water partition coefficient (Wildman–Crippen LogP) is 2.44. The average molecular weight is 302 g/mol. The Hall–Kier alpha value is -2.53. The predicted molar refractivity (Wildman–Crippen MR) is 81.5 cm³/mol. The lowest BCUT2D eigenvalue weighted by Crippen LogP contribution is -2.22. The van der Waals surface area contributed by atoms with Gasteiger partial charge in [0.15, 0.2) is 0 Å². The zero-order chi connectivity index (χ0) is 14.8. The first kappa shape index (κ1) is 13.5. The van der Waals surface area contributed by atoms with Gasteiger partial charge in [0.2, 0.25) is 0 Å². The fourth-order valence-electron chi connectivity index (χ4n) is 2.08. The third-order valence-electron chi connectivity index (χ3n) is 3.14. The maximum Gasteiger partial charge on any atom is 0.323 e. The van der Waals surface area contributed by atoms with Crippen molar-refractivity contribution < 1.29 is 4.79 Å². The second-order valence-electron chi connectivity index (χ2n) is 4.65. The van der Waals surface area contributed by atoms with Crippen LogP contribution in [0.25, 0.3) is 11.0 Å². The number of halogens is 1. The lowest BCUT2D eigenvalue weighted by atomic mass is 10.2. The van der Waals surface area contributed by atoms with Crippen LogP contribution < -0.4 is 11.0 Å². The van der Waals surface area contributed by atoms with E-state index in [1.54, 1.807) is 30.3 Å². The number of hydrogen-bond acceptors (Lipinski definition) is 2. The quantitative estimate of drug-likeness (QED) is 0.695. The highest BCUT2D eigenvalue weighted by Gasteiger charge is 2.06. The molecule has 0 saturated carbocycles. The SMILES string of the molecule is O=C(NCc1ccc2[nH]c(=O)[nH]c2c1)c1ccc(Cl)cc1. The first-order valence-electron chi connectivity index (χ1n) is 6.36. The molecule has 106 valence electrons. The van der Waals surface area contributed by atoms with Crippen molar-refractivity contribution in [1.29, 1.82) is 0 Å². The molecule has 1 heterocycles. The van der Waals surface area contributed by atoms with Gasteiger partial charge in [0.25, 0.3) is 5.91 Å². The smallest absolute Gasteiger partial charge is 0.323 e. The van der Waals surface area contributed by atoms with E-state index in [-0.39, 0.29) is 11.6 Å². The van der Waals surface area contributed by atoms with Crippen molar-refractivity contribution in [2.45, 2.75) is 6.54 Å². The van der Waals surface area contributed by atoms with Crippen LogP contribution in [0, 0.1) is 0 Å². The Morgan fingerprint density at radius 3 is 2.52 bits per heavy atom. The maximum atomic E-state index is 12.0. The molecular formula is C15H12ClN3O2. The number of aromatic nitrogens is 2. The molecule has 0 saturated heterocycles. The summed E-state index contributed by atoms with van der Waals surface area (Å²) in [6.45, 7) is 0.380. The summed E-state index contributed by atoms with van der Waals surface area (Å²) in [6.07, 6.45) is 0. The second-order valence-corrected chi connectivity index (χ2v) is 5.09. The van der Waals surface area contributed by atoms with Crippen LogP contribution in [-0.4, -0.2) is 15.9 Å². The number of aromatic amines is 2. The molecule has 0 unspecified atom stereocenters. The zero-order valence-corrected chi connectivity index (χ0v) is 11.7. The minimum Gasteiger partial charge on any atom is -0.348 e. The Bertz CT molecular complexity index is 849. The second kappa shape index (κ2) is 5.46. The lowest BCUT2D eigenvalue weighted by Gasteiger charge is -2.05. The summed E-state index contributed by atoms with van der Waals surface area (Å²) in [5.74, 6) is -0.172. The minimum atomic E-state index is -0.243. The topological polar surface area (TPSA) is 77.8 Å². The van der Waals surface area contributed by atoms with Crippen molar-refractivity contribution in [3.05, 3.63) is 69.1 Å². The Kier molecular flexibility index (Phi) is 3.50. The standard InChI is InChI=1S/C15H12ClN3O2/c16-11-4-2-10(3-5-11)14(20)17-8-9-1-6-12-13(7-9)19-15(21)18-12/h1-7H,8H2,(H,17,20)(H2,18,19,21). The van der Waals surface area contributed by atoms with E-state index in [1.165, 1.54) is 0 Å². The Morgan fingerprint density at radius 1 is 1.05 bits per heavy atom. The van der Waals surface area contributed by atoms with E-state index in [2.05, 4.69) is 15.3 Å². The van der Waals surface area contributed by atoms with Gasteiger partial charge < -0.3 is 15.3 Å². The first-order valence-corrected chi connectivity index (χ1v) is 6.74. The molecule has 3 aromatic rings. The number of benzene rings is 2. The number of H-pyrrole nitrogens is 2. The van der Waals surface area contributed by atoms with Crippen LogP contribution in [0.4, 0.5) is 0 Å². The van der Waals surface area contributed by atoms with Gasteiger partial charge in [-0.1, -0.05) is 17.7 Å². The van der Waals surface area contributed by atoms with Crippen LogP contribution >= 0.6 is 11.6 Å². The molecule has 0 atom stereocenters. The number of hydrogen-bond donors (Lipinski definition) is 3. The molecule has 0 fully saturated rings. The van der Waals surface area contributed by atoms with Crippen LogP contribution in [0.15, 0.2) is 47.3 Å². The van der Waals surface area contributed by atoms with Gasteiger partial charge in [-0.15, -0.1) is 0 Å². The third kappa shape index (κ3) is 2.98. The van der Waals surface area contributed by atoms with Crippen LogP contribution in [-0.2, 0) is 6.54 Å². The van der Waals surface area contributed by atoms with Crippen molar-refractivity contribution in [2.24, 2.45) is 0 Å². The largest absolute Gasteiger partial charge is 0.348 e. The summed E-state index contributed by atoms with van der Waals surface area (Å²) in [6, 6.07) is 12.2. The van der Waals surface area contributed by atoms with Crippen LogP contribution in [0.5, 0.6) is 0 Å². The Balaban J connectivity index is 1.72. The van der Waals surface area contributed by atoms with Gasteiger partial charge in [-0.05, 0) is 42.0 Å². The number of carbonyl (C=O) groups is 1. The molecule has 2 aromatic carbocycles. The van der Waals surface area contributed by atoms with Crippen molar-refractivity contribution in [2.75, 3.05) is 0 Å². The van der Waals surface area contributed by atoms with Gasteiger partial charge in [0.1, 0.15) is 0 Å². The molecule has 3 N–H and O–H groups in total. The fourth-order valence-corrected chi connectivity index (χ4v) is 2.20. The van der Waals surface area contributed by atoms with Gasteiger partial charge in [0.05, 0.1) is 11.0 Å².